The number of hydrogen-bond donors (Lipinski definition) is 2. The van der Waals surface area contributed by atoms with Gasteiger partial charge in [0.1, 0.15) is 6.61 Å². The molecule has 0 amide bonds. The number of phosphoric ester groups is 1. The molecule has 0 aromatic rings. The molecule has 3 atom stereocenters. The van der Waals surface area contributed by atoms with E-state index < -0.39 is 32.5 Å². The Bertz CT molecular complexity index is 1150. The molecule has 1 rings (SSSR count). The number of carbonyl (C=O) groups excluding carboxylic acids is 2. The number of esters is 2. The van der Waals surface area contributed by atoms with Crippen LogP contribution in [0.5, 0.6) is 0 Å². The van der Waals surface area contributed by atoms with Crippen molar-refractivity contribution in [2.24, 2.45) is 0 Å². The van der Waals surface area contributed by atoms with Gasteiger partial charge in [-0.3, -0.25) is 14.1 Å². The number of unbranched alkanes of at least 4 members (excludes halogenated alkanes) is 10. The number of ether oxygens (including phenoxy) is 3. The molecule has 302 valence electrons. The van der Waals surface area contributed by atoms with Gasteiger partial charge < -0.3 is 24.0 Å². The lowest BCUT2D eigenvalue weighted by molar-refractivity contribution is -0.161. The van der Waals surface area contributed by atoms with Crippen LogP contribution in [0.4, 0.5) is 0 Å². The van der Waals surface area contributed by atoms with Crippen LogP contribution >= 0.6 is 7.82 Å². The van der Waals surface area contributed by atoms with Gasteiger partial charge in [-0.1, -0.05) is 132 Å². The average molecular weight is 763 g/mol. The van der Waals surface area contributed by atoms with Crippen LogP contribution in [0.25, 0.3) is 0 Å². The molecule has 0 aliphatic carbocycles. The maximum Gasteiger partial charge on any atom is 0.469 e. The summed E-state index contributed by atoms with van der Waals surface area (Å²) in [5.41, 5.74) is 0. The number of rotatable bonds is 35. The Morgan fingerprint density at radius 1 is 0.623 bits per heavy atom. The van der Waals surface area contributed by atoms with E-state index in [-0.39, 0.29) is 19.4 Å². The number of phosphoric acid groups is 1. The molecule has 0 aromatic heterocycles. The minimum absolute atomic E-state index is 0.177. The van der Waals surface area contributed by atoms with Gasteiger partial charge in [0.05, 0.1) is 18.8 Å². The van der Waals surface area contributed by atoms with Gasteiger partial charge >= 0.3 is 19.8 Å². The van der Waals surface area contributed by atoms with E-state index >= 15 is 0 Å². The lowest BCUT2D eigenvalue weighted by Crippen LogP contribution is -2.29. The van der Waals surface area contributed by atoms with E-state index in [9.17, 15) is 14.2 Å². The summed E-state index contributed by atoms with van der Waals surface area (Å²) in [7, 11) is -4.77. The summed E-state index contributed by atoms with van der Waals surface area (Å²) in [6.45, 7) is 3.48. The first-order valence-corrected chi connectivity index (χ1v) is 21.9. The van der Waals surface area contributed by atoms with Crippen molar-refractivity contribution < 1.29 is 42.7 Å². The van der Waals surface area contributed by atoms with E-state index in [1.54, 1.807) is 0 Å². The molecule has 1 aliphatic rings. The van der Waals surface area contributed by atoms with Crippen LogP contribution in [0.3, 0.4) is 0 Å². The van der Waals surface area contributed by atoms with E-state index in [1.807, 2.05) is 0 Å². The SMILES string of the molecule is CC/C=C\C/C=C\C/C=C\C/C=C\C/C=C\CCCCCC(=O)OC[C@H](COP(=O)(O)O)OC(=O)CCCCCCCC1OC1C/C=C\CCCCC. The van der Waals surface area contributed by atoms with Crippen molar-refractivity contribution in [1.82, 2.24) is 0 Å². The second kappa shape index (κ2) is 34.0. The first-order chi connectivity index (χ1) is 25.7. The molecule has 9 nitrogen and oxygen atoms in total. The largest absolute Gasteiger partial charge is 0.469 e. The van der Waals surface area contributed by atoms with Gasteiger partial charge in [0.25, 0.3) is 0 Å². The van der Waals surface area contributed by atoms with Gasteiger partial charge in [-0.05, 0) is 83.5 Å². The second-order valence-corrected chi connectivity index (χ2v) is 14.9. The van der Waals surface area contributed by atoms with Gasteiger partial charge in [0.2, 0.25) is 0 Å². The fourth-order valence-electron chi connectivity index (χ4n) is 5.52. The zero-order valence-corrected chi connectivity index (χ0v) is 33.7. The quantitative estimate of drug-likeness (QED) is 0.0213. The minimum atomic E-state index is -4.77. The lowest BCUT2D eigenvalue weighted by Gasteiger charge is -2.18. The number of hydrogen-bond acceptors (Lipinski definition) is 7. The van der Waals surface area contributed by atoms with Crippen molar-refractivity contribution >= 4 is 19.8 Å². The van der Waals surface area contributed by atoms with E-state index in [2.05, 4.69) is 91.3 Å². The fraction of sp³-hybridized carbons (Fsp3) is 0.674. The third-order valence-electron chi connectivity index (χ3n) is 8.63. The highest BCUT2D eigenvalue weighted by Crippen LogP contribution is 2.36. The van der Waals surface area contributed by atoms with Gasteiger partial charge in [0.15, 0.2) is 6.10 Å². The zero-order chi connectivity index (χ0) is 38.7. The summed E-state index contributed by atoms with van der Waals surface area (Å²) in [6.07, 6.45) is 46.4. The molecule has 0 saturated carbocycles. The normalized spacial score (nSPS) is 17.1. The third kappa shape index (κ3) is 33.7. The smallest absolute Gasteiger partial charge is 0.462 e. The highest BCUT2D eigenvalue weighted by Gasteiger charge is 2.36. The van der Waals surface area contributed by atoms with Gasteiger partial charge in [-0.2, -0.15) is 0 Å². The van der Waals surface area contributed by atoms with E-state index in [0.29, 0.717) is 25.0 Å². The molecule has 0 radical (unpaired) electrons. The molecule has 0 aromatic carbocycles. The maximum atomic E-state index is 12.4. The standard InChI is InChI=1S/C43H71O9P/c1-3-5-7-9-11-12-13-14-15-16-17-18-19-20-21-22-23-27-31-35-42(44)49-37-39(38-50-53(46,47)48)51-43(45)36-32-28-24-26-30-34-41-40(52-41)33-29-25-10-8-6-4-2/h5,7,11-12,14-15,17-18,20-21,25,29,39-41H,3-4,6,8-10,13,16,19,22-24,26-28,30-38H2,1-2H3,(H2,46,47,48)/b7-5-,12-11-,15-14-,18-17-,21-20-,29-25-/t39-,40?,41?/m1/s1. The van der Waals surface area contributed by atoms with Gasteiger partial charge in [-0.25, -0.2) is 4.57 Å². The van der Waals surface area contributed by atoms with E-state index in [4.69, 9.17) is 24.0 Å². The van der Waals surface area contributed by atoms with Gasteiger partial charge in [-0.15, -0.1) is 0 Å². The highest BCUT2D eigenvalue weighted by molar-refractivity contribution is 7.46. The molecule has 53 heavy (non-hydrogen) atoms. The Hall–Kier alpha value is -2.55. The number of allylic oxidation sites excluding steroid dienone is 11. The molecule has 2 N–H and O–H groups in total. The second-order valence-electron chi connectivity index (χ2n) is 13.6. The van der Waals surface area contributed by atoms with Crippen LogP contribution in [0.15, 0.2) is 72.9 Å². The summed E-state index contributed by atoms with van der Waals surface area (Å²) in [5.74, 6) is -0.953. The Kier molecular flexibility index (Phi) is 31.1. The number of carbonyl (C=O) groups is 2. The molecule has 1 aliphatic heterocycles. The average Bonchev–Trinajstić information content (AvgIpc) is 3.88. The van der Waals surface area contributed by atoms with Crippen molar-refractivity contribution in [3.8, 4) is 0 Å². The van der Waals surface area contributed by atoms with Crippen molar-refractivity contribution in [3.63, 3.8) is 0 Å². The minimum Gasteiger partial charge on any atom is -0.462 e. The summed E-state index contributed by atoms with van der Waals surface area (Å²) >= 11 is 0. The van der Waals surface area contributed by atoms with Gasteiger partial charge in [0, 0.05) is 12.8 Å². The molecule has 1 fully saturated rings. The first kappa shape index (κ1) is 48.5. The molecule has 0 spiro atoms. The van der Waals surface area contributed by atoms with E-state index in [1.165, 1.54) is 19.3 Å². The van der Waals surface area contributed by atoms with Crippen LogP contribution in [-0.2, 0) is 32.9 Å². The lowest BCUT2D eigenvalue weighted by atomic mass is 10.1. The van der Waals surface area contributed by atoms with Crippen molar-refractivity contribution in [2.75, 3.05) is 13.2 Å². The van der Waals surface area contributed by atoms with Crippen LogP contribution in [0.1, 0.15) is 155 Å². The topological polar surface area (TPSA) is 132 Å². The highest BCUT2D eigenvalue weighted by atomic mass is 31.2. The predicted molar refractivity (Wildman–Crippen MR) is 215 cm³/mol. The molecule has 2 unspecified atom stereocenters. The summed E-state index contributed by atoms with van der Waals surface area (Å²) in [5, 5.41) is 0. The predicted octanol–water partition coefficient (Wildman–Crippen LogP) is 11.3. The zero-order valence-electron chi connectivity index (χ0n) is 32.8. The Morgan fingerprint density at radius 2 is 1.15 bits per heavy atom. The molecule has 10 heteroatoms. The molecular weight excluding hydrogens is 691 g/mol. The molecule has 0 bridgehead atoms. The molecule has 1 heterocycles. The van der Waals surface area contributed by atoms with Crippen molar-refractivity contribution in [3.05, 3.63) is 72.9 Å². The summed E-state index contributed by atoms with van der Waals surface area (Å²) in [6, 6.07) is 0. The fourth-order valence-corrected chi connectivity index (χ4v) is 5.88. The Labute approximate surface area is 321 Å². The van der Waals surface area contributed by atoms with Crippen LogP contribution in [0.2, 0.25) is 0 Å². The third-order valence-corrected chi connectivity index (χ3v) is 9.12. The number of epoxide rings is 1. The summed E-state index contributed by atoms with van der Waals surface area (Å²) < 4.78 is 32.1. The first-order valence-electron chi connectivity index (χ1n) is 20.4. The van der Waals surface area contributed by atoms with Crippen LogP contribution in [0, 0.1) is 0 Å². The van der Waals surface area contributed by atoms with Crippen molar-refractivity contribution in [2.45, 2.75) is 173 Å². The molecular formula is C43H71O9P. The Morgan fingerprint density at radius 3 is 1.77 bits per heavy atom. The van der Waals surface area contributed by atoms with Crippen LogP contribution in [-0.4, -0.2) is 53.3 Å². The maximum absolute atomic E-state index is 12.4. The Balaban J connectivity index is 2.12. The summed E-state index contributed by atoms with van der Waals surface area (Å²) in [4.78, 5) is 42.9. The van der Waals surface area contributed by atoms with E-state index in [0.717, 1.165) is 96.3 Å². The monoisotopic (exact) mass is 762 g/mol. The van der Waals surface area contributed by atoms with Crippen molar-refractivity contribution in [1.29, 1.82) is 0 Å². The van der Waals surface area contributed by atoms with Crippen LogP contribution < -0.4 is 0 Å². The molecule has 1 saturated heterocycles.